The lowest BCUT2D eigenvalue weighted by Crippen LogP contribution is -2.45. The zero-order valence-corrected chi connectivity index (χ0v) is 14.4. The third-order valence-corrected chi connectivity index (χ3v) is 2.97. The number of benzene rings is 1. The number of nitrogens with zero attached hydrogens (tertiary/aromatic N) is 1. The number of alkyl carbamates (subject to hydrolysis) is 1. The predicted molar refractivity (Wildman–Crippen MR) is 87.2 cm³/mol. The summed E-state index contributed by atoms with van der Waals surface area (Å²) in [6.07, 6.45) is -1.23. The maximum absolute atomic E-state index is 12.3. The molecule has 0 saturated carbocycles. The monoisotopic (exact) mass is 352 g/mol. The fourth-order valence-corrected chi connectivity index (χ4v) is 1.86. The van der Waals surface area contributed by atoms with Crippen LogP contribution >= 0.6 is 0 Å². The number of ketones is 1. The van der Waals surface area contributed by atoms with Crippen molar-refractivity contribution in [2.24, 2.45) is 0 Å². The van der Waals surface area contributed by atoms with E-state index in [4.69, 9.17) is 4.74 Å². The number of methoxy groups -OCH3 is 1. The lowest BCUT2D eigenvalue weighted by atomic mass is 10.0. The van der Waals surface area contributed by atoms with Crippen molar-refractivity contribution in [2.75, 3.05) is 7.11 Å². The number of ether oxygens (including phenoxy) is 2. The van der Waals surface area contributed by atoms with Crippen molar-refractivity contribution in [3.8, 4) is 0 Å². The number of esters is 1. The Morgan fingerprint density at radius 1 is 1.20 bits per heavy atom. The summed E-state index contributed by atoms with van der Waals surface area (Å²) < 4.78 is 9.63. The highest BCUT2D eigenvalue weighted by atomic mass is 16.6. The van der Waals surface area contributed by atoms with Crippen LogP contribution in [0.4, 0.5) is 10.5 Å². The van der Waals surface area contributed by atoms with E-state index in [1.54, 1.807) is 20.8 Å². The first-order valence-electron chi connectivity index (χ1n) is 7.38. The lowest BCUT2D eigenvalue weighted by Gasteiger charge is -2.22. The molecule has 1 rings (SSSR count). The topological polar surface area (TPSA) is 125 Å². The summed E-state index contributed by atoms with van der Waals surface area (Å²) in [6, 6.07) is 3.69. The lowest BCUT2D eigenvalue weighted by molar-refractivity contribution is -0.384. The van der Waals surface area contributed by atoms with E-state index in [1.165, 1.54) is 24.3 Å². The van der Waals surface area contributed by atoms with E-state index >= 15 is 0 Å². The van der Waals surface area contributed by atoms with Gasteiger partial charge in [0.2, 0.25) is 0 Å². The molecule has 1 N–H and O–H groups in total. The van der Waals surface area contributed by atoms with Crippen LogP contribution in [0.5, 0.6) is 0 Å². The normalized spacial score (nSPS) is 12.0. The number of hydrogen-bond acceptors (Lipinski definition) is 7. The van der Waals surface area contributed by atoms with Crippen LogP contribution in [-0.2, 0) is 14.3 Å². The van der Waals surface area contributed by atoms with Crippen molar-refractivity contribution in [3.63, 3.8) is 0 Å². The first-order valence-corrected chi connectivity index (χ1v) is 7.38. The van der Waals surface area contributed by atoms with Crippen LogP contribution in [0.1, 0.15) is 37.6 Å². The van der Waals surface area contributed by atoms with Crippen LogP contribution < -0.4 is 5.32 Å². The summed E-state index contributed by atoms with van der Waals surface area (Å²) in [4.78, 5) is 45.9. The molecule has 0 spiro atoms. The van der Waals surface area contributed by atoms with Gasteiger partial charge in [-0.3, -0.25) is 14.9 Å². The highest BCUT2D eigenvalue weighted by Crippen LogP contribution is 2.14. The molecule has 0 aliphatic heterocycles. The number of non-ortho nitro benzene ring substituents is 1. The fraction of sp³-hybridized carbons (Fsp3) is 0.438. The number of carbonyl (C=O) groups excluding carboxylic acids is 3. The minimum absolute atomic E-state index is 0.159. The van der Waals surface area contributed by atoms with Crippen LogP contribution in [0.2, 0.25) is 0 Å². The van der Waals surface area contributed by atoms with Crippen molar-refractivity contribution in [3.05, 3.63) is 39.9 Å². The highest BCUT2D eigenvalue weighted by molar-refractivity contribution is 5.99. The largest absolute Gasteiger partial charge is 0.467 e. The summed E-state index contributed by atoms with van der Waals surface area (Å²) in [5, 5.41) is 12.9. The van der Waals surface area contributed by atoms with Gasteiger partial charge in [-0.25, -0.2) is 9.59 Å². The maximum atomic E-state index is 12.3. The first kappa shape index (κ1) is 20.1. The Bertz CT molecular complexity index is 662. The van der Waals surface area contributed by atoms with Crippen molar-refractivity contribution in [2.45, 2.75) is 38.8 Å². The quantitative estimate of drug-likeness (QED) is 0.360. The molecular formula is C16H20N2O7. The van der Waals surface area contributed by atoms with Crippen LogP contribution in [0.25, 0.3) is 0 Å². The SMILES string of the molecule is COC(=O)C(CC(=O)c1ccc([N+](=O)[O-])cc1)NC(=O)OC(C)(C)C. The molecule has 25 heavy (non-hydrogen) atoms. The van der Waals surface area contributed by atoms with Crippen LogP contribution in [0.3, 0.4) is 0 Å². The summed E-state index contributed by atoms with van der Waals surface area (Å²) in [5.41, 5.74) is -0.758. The summed E-state index contributed by atoms with van der Waals surface area (Å²) in [5.74, 6) is -1.29. The van der Waals surface area contributed by atoms with Gasteiger partial charge in [0.1, 0.15) is 11.6 Å². The van der Waals surface area contributed by atoms with Crippen molar-refractivity contribution in [1.82, 2.24) is 5.32 Å². The van der Waals surface area contributed by atoms with Gasteiger partial charge in [-0.15, -0.1) is 0 Å². The molecule has 0 aliphatic carbocycles. The Morgan fingerprint density at radius 3 is 2.20 bits per heavy atom. The second-order valence-corrected chi connectivity index (χ2v) is 6.15. The molecule has 1 atom stereocenters. The molecule has 1 amide bonds. The smallest absolute Gasteiger partial charge is 0.408 e. The fourth-order valence-electron chi connectivity index (χ4n) is 1.86. The maximum Gasteiger partial charge on any atom is 0.408 e. The molecule has 0 aromatic heterocycles. The molecule has 0 bridgehead atoms. The summed E-state index contributed by atoms with van der Waals surface area (Å²) in [6.45, 7) is 4.96. The number of nitro benzene ring substituents is 1. The van der Waals surface area contributed by atoms with Crippen LogP contribution in [-0.4, -0.2) is 41.5 Å². The zero-order valence-electron chi connectivity index (χ0n) is 14.4. The van der Waals surface area contributed by atoms with E-state index in [-0.39, 0.29) is 17.7 Å². The summed E-state index contributed by atoms with van der Waals surface area (Å²) >= 11 is 0. The highest BCUT2D eigenvalue weighted by Gasteiger charge is 2.27. The number of nitro groups is 1. The van der Waals surface area contributed by atoms with Gasteiger partial charge < -0.3 is 14.8 Å². The van der Waals surface area contributed by atoms with Gasteiger partial charge in [-0.05, 0) is 32.9 Å². The van der Waals surface area contributed by atoms with E-state index in [2.05, 4.69) is 10.1 Å². The van der Waals surface area contributed by atoms with Crippen molar-refractivity contribution >= 4 is 23.5 Å². The molecule has 136 valence electrons. The Balaban J connectivity index is 2.83. The van der Waals surface area contributed by atoms with Gasteiger partial charge in [0.25, 0.3) is 5.69 Å². The van der Waals surface area contributed by atoms with Crippen LogP contribution in [0.15, 0.2) is 24.3 Å². The molecule has 0 radical (unpaired) electrons. The molecular weight excluding hydrogens is 332 g/mol. The van der Waals surface area contributed by atoms with E-state index in [0.29, 0.717) is 0 Å². The average Bonchev–Trinajstić information content (AvgIpc) is 2.51. The molecule has 0 fully saturated rings. The molecule has 1 unspecified atom stereocenters. The van der Waals surface area contributed by atoms with Gasteiger partial charge in [-0.1, -0.05) is 0 Å². The van der Waals surface area contributed by atoms with Crippen molar-refractivity contribution in [1.29, 1.82) is 0 Å². The second-order valence-electron chi connectivity index (χ2n) is 6.15. The van der Waals surface area contributed by atoms with Gasteiger partial charge >= 0.3 is 12.1 Å². The number of amides is 1. The van der Waals surface area contributed by atoms with Crippen LogP contribution in [0, 0.1) is 10.1 Å². The Kier molecular flexibility index (Phi) is 6.60. The number of Topliss-reactive ketones (excluding diaryl/α,β-unsaturated/α-hetero) is 1. The zero-order chi connectivity index (χ0) is 19.2. The Hall–Kier alpha value is -2.97. The molecule has 9 nitrogen and oxygen atoms in total. The number of carbonyl (C=O) groups is 3. The Morgan fingerprint density at radius 2 is 1.76 bits per heavy atom. The van der Waals surface area contributed by atoms with Crippen molar-refractivity contribution < 1.29 is 28.8 Å². The molecule has 0 saturated heterocycles. The van der Waals surface area contributed by atoms with Gasteiger partial charge in [-0.2, -0.15) is 0 Å². The van der Waals surface area contributed by atoms with Gasteiger partial charge in [0.15, 0.2) is 5.78 Å². The number of rotatable bonds is 6. The average molecular weight is 352 g/mol. The Labute approximate surface area is 144 Å². The minimum Gasteiger partial charge on any atom is -0.467 e. The third-order valence-electron chi connectivity index (χ3n) is 2.97. The summed E-state index contributed by atoms with van der Waals surface area (Å²) in [7, 11) is 1.13. The molecule has 0 heterocycles. The molecule has 1 aromatic carbocycles. The molecule has 1 aromatic rings. The van der Waals surface area contributed by atoms with Gasteiger partial charge in [0.05, 0.1) is 12.0 Å². The van der Waals surface area contributed by atoms with E-state index in [0.717, 1.165) is 7.11 Å². The standard InChI is InChI=1S/C16H20N2O7/c1-16(2,3)25-15(21)17-12(14(20)24-4)9-13(19)10-5-7-11(8-6-10)18(22)23/h5-8,12H,9H2,1-4H3,(H,17,21). The second kappa shape index (κ2) is 8.22. The predicted octanol–water partition coefficient (Wildman–Crippen LogP) is 2.23. The molecule has 9 heteroatoms. The minimum atomic E-state index is -1.23. The van der Waals surface area contributed by atoms with E-state index in [9.17, 15) is 24.5 Å². The molecule has 0 aliphatic rings. The first-order chi connectivity index (χ1) is 11.5. The third kappa shape index (κ3) is 6.58. The van der Waals surface area contributed by atoms with Gasteiger partial charge in [0, 0.05) is 24.1 Å². The van der Waals surface area contributed by atoms with E-state index in [1.807, 2.05) is 0 Å². The van der Waals surface area contributed by atoms with E-state index < -0.39 is 34.4 Å². The number of hydrogen-bond donors (Lipinski definition) is 1. The number of nitrogens with one attached hydrogen (secondary N) is 1.